The van der Waals surface area contributed by atoms with Gasteiger partial charge in [0.15, 0.2) is 9.84 Å². The molecule has 100 valence electrons. The van der Waals surface area contributed by atoms with Gasteiger partial charge in [-0.2, -0.15) is 5.10 Å². The summed E-state index contributed by atoms with van der Waals surface area (Å²) in [4.78, 5) is 12.1. The number of rotatable bonds is 3. The SMILES string of the molecule is CCn1ncc(Br)c1C(=O)N[C@@H]1CCS(=O)(=O)C1. The van der Waals surface area contributed by atoms with Gasteiger partial charge in [-0.05, 0) is 29.3 Å². The van der Waals surface area contributed by atoms with E-state index in [1.807, 2.05) is 6.92 Å². The Morgan fingerprint density at radius 1 is 1.67 bits per heavy atom. The van der Waals surface area contributed by atoms with Crippen molar-refractivity contribution < 1.29 is 13.2 Å². The fourth-order valence-corrected chi connectivity index (χ4v) is 4.14. The van der Waals surface area contributed by atoms with E-state index in [9.17, 15) is 13.2 Å². The average Bonchev–Trinajstić information content (AvgIpc) is 2.81. The first kappa shape index (κ1) is 13.5. The Balaban J connectivity index is 2.11. The number of nitrogens with zero attached hydrogens (tertiary/aromatic N) is 2. The van der Waals surface area contributed by atoms with Gasteiger partial charge < -0.3 is 5.32 Å². The molecule has 1 saturated heterocycles. The van der Waals surface area contributed by atoms with E-state index in [1.54, 1.807) is 10.9 Å². The predicted octanol–water partition coefficient (Wildman–Crippen LogP) is 0.582. The van der Waals surface area contributed by atoms with Crippen LogP contribution in [0.2, 0.25) is 0 Å². The summed E-state index contributed by atoms with van der Waals surface area (Å²) in [6, 6.07) is -0.297. The van der Waals surface area contributed by atoms with Crippen LogP contribution in [0, 0.1) is 0 Å². The number of aromatic nitrogens is 2. The molecule has 1 aliphatic heterocycles. The van der Waals surface area contributed by atoms with Gasteiger partial charge in [0.1, 0.15) is 5.69 Å². The Labute approximate surface area is 114 Å². The molecule has 2 heterocycles. The molecule has 1 N–H and O–H groups in total. The highest BCUT2D eigenvalue weighted by Gasteiger charge is 2.30. The number of carbonyl (C=O) groups is 1. The van der Waals surface area contributed by atoms with Gasteiger partial charge in [0.25, 0.3) is 5.91 Å². The zero-order chi connectivity index (χ0) is 13.3. The second kappa shape index (κ2) is 5.00. The maximum atomic E-state index is 12.1. The van der Waals surface area contributed by atoms with Crippen molar-refractivity contribution in [3.63, 3.8) is 0 Å². The summed E-state index contributed by atoms with van der Waals surface area (Å²) < 4.78 is 24.8. The van der Waals surface area contributed by atoms with Crippen LogP contribution in [0.5, 0.6) is 0 Å². The van der Waals surface area contributed by atoms with Crippen molar-refractivity contribution in [1.29, 1.82) is 0 Å². The summed E-state index contributed by atoms with van der Waals surface area (Å²) in [5.74, 6) is -0.119. The van der Waals surface area contributed by atoms with Crippen molar-refractivity contribution in [2.24, 2.45) is 0 Å². The van der Waals surface area contributed by atoms with Gasteiger partial charge in [0.2, 0.25) is 0 Å². The molecular formula is C10H14BrN3O3S. The molecule has 0 unspecified atom stereocenters. The van der Waals surface area contributed by atoms with Gasteiger partial charge in [0.05, 0.1) is 22.2 Å². The first-order valence-electron chi connectivity index (χ1n) is 5.65. The Morgan fingerprint density at radius 3 is 2.94 bits per heavy atom. The minimum atomic E-state index is -2.98. The topological polar surface area (TPSA) is 81.1 Å². The Morgan fingerprint density at radius 2 is 2.39 bits per heavy atom. The molecule has 1 aromatic rings. The molecule has 0 bridgehead atoms. The van der Waals surface area contributed by atoms with E-state index in [2.05, 4.69) is 26.3 Å². The number of carbonyl (C=O) groups excluding carboxylic acids is 1. The highest BCUT2D eigenvalue weighted by atomic mass is 79.9. The third-order valence-electron chi connectivity index (χ3n) is 2.88. The summed E-state index contributed by atoms with van der Waals surface area (Å²) in [6.07, 6.45) is 2.04. The van der Waals surface area contributed by atoms with Gasteiger partial charge in [0, 0.05) is 12.6 Å². The summed E-state index contributed by atoms with van der Waals surface area (Å²) >= 11 is 3.27. The number of hydrogen-bond acceptors (Lipinski definition) is 4. The monoisotopic (exact) mass is 335 g/mol. The lowest BCUT2D eigenvalue weighted by Crippen LogP contribution is -2.36. The molecule has 2 rings (SSSR count). The van der Waals surface area contributed by atoms with E-state index >= 15 is 0 Å². The van der Waals surface area contributed by atoms with Crippen LogP contribution in [0.1, 0.15) is 23.8 Å². The number of amides is 1. The zero-order valence-corrected chi connectivity index (χ0v) is 12.3. The third kappa shape index (κ3) is 2.74. The third-order valence-corrected chi connectivity index (χ3v) is 5.23. The van der Waals surface area contributed by atoms with Crippen molar-refractivity contribution in [3.05, 3.63) is 16.4 Å². The van der Waals surface area contributed by atoms with Crippen LogP contribution in [-0.4, -0.2) is 41.7 Å². The van der Waals surface area contributed by atoms with Crippen molar-refractivity contribution in [2.75, 3.05) is 11.5 Å². The van der Waals surface area contributed by atoms with E-state index < -0.39 is 9.84 Å². The van der Waals surface area contributed by atoms with Gasteiger partial charge in [-0.25, -0.2) is 8.42 Å². The summed E-state index contributed by atoms with van der Waals surface area (Å²) in [5, 5.41) is 6.79. The van der Waals surface area contributed by atoms with Crippen LogP contribution in [0.4, 0.5) is 0 Å². The van der Waals surface area contributed by atoms with Crippen molar-refractivity contribution in [3.8, 4) is 0 Å². The Kier molecular flexibility index (Phi) is 3.76. The normalized spacial score (nSPS) is 22.0. The van der Waals surface area contributed by atoms with Crippen molar-refractivity contribution >= 4 is 31.7 Å². The highest BCUT2D eigenvalue weighted by Crippen LogP contribution is 2.17. The number of nitrogens with one attached hydrogen (secondary N) is 1. The smallest absolute Gasteiger partial charge is 0.270 e. The number of sulfone groups is 1. The first-order chi connectivity index (χ1) is 8.43. The standard InChI is InChI=1S/C10H14BrN3O3S/c1-2-14-9(8(11)5-12-14)10(15)13-7-3-4-18(16,17)6-7/h5,7H,2-4,6H2,1H3,(H,13,15)/t7-/m1/s1. The summed E-state index contributed by atoms with van der Waals surface area (Å²) in [5.41, 5.74) is 0.432. The molecule has 0 aromatic carbocycles. The van der Waals surface area contributed by atoms with Crippen LogP contribution >= 0.6 is 15.9 Å². The van der Waals surface area contributed by atoms with E-state index in [0.29, 0.717) is 23.1 Å². The second-order valence-corrected chi connectivity index (χ2v) is 7.31. The molecule has 18 heavy (non-hydrogen) atoms. The quantitative estimate of drug-likeness (QED) is 0.876. The minimum Gasteiger partial charge on any atom is -0.347 e. The molecule has 1 aromatic heterocycles. The zero-order valence-electron chi connectivity index (χ0n) is 9.89. The van der Waals surface area contributed by atoms with Crippen LogP contribution < -0.4 is 5.32 Å². The van der Waals surface area contributed by atoms with Gasteiger partial charge in [-0.15, -0.1) is 0 Å². The maximum Gasteiger partial charge on any atom is 0.270 e. The number of halogens is 1. The number of hydrogen-bond donors (Lipinski definition) is 1. The molecule has 0 saturated carbocycles. The maximum absolute atomic E-state index is 12.1. The molecule has 1 amide bonds. The summed E-state index contributed by atoms with van der Waals surface area (Å²) in [7, 11) is -2.98. The molecule has 8 heteroatoms. The molecule has 0 aliphatic carbocycles. The first-order valence-corrected chi connectivity index (χ1v) is 8.27. The summed E-state index contributed by atoms with van der Waals surface area (Å²) in [6.45, 7) is 2.47. The van der Waals surface area contributed by atoms with Gasteiger partial charge in [-0.1, -0.05) is 0 Å². The number of aryl methyl sites for hydroxylation is 1. The lowest BCUT2D eigenvalue weighted by atomic mass is 10.2. The molecule has 1 atom stereocenters. The van der Waals surface area contributed by atoms with Crippen molar-refractivity contribution in [1.82, 2.24) is 15.1 Å². The van der Waals surface area contributed by atoms with E-state index in [0.717, 1.165) is 0 Å². The molecule has 1 aliphatic rings. The fraction of sp³-hybridized carbons (Fsp3) is 0.600. The largest absolute Gasteiger partial charge is 0.347 e. The van der Waals surface area contributed by atoms with E-state index in [-0.39, 0.29) is 23.5 Å². The molecule has 6 nitrogen and oxygen atoms in total. The Hall–Kier alpha value is -0.890. The highest BCUT2D eigenvalue weighted by molar-refractivity contribution is 9.10. The molecular weight excluding hydrogens is 322 g/mol. The fourth-order valence-electron chi connectivity index (χ4n) is 1.99. The average molecular weight is 336 g/mol. The second-order valence-electron chi connectivity index (χ2n) is 4.23. The van der Waals surface area contributed by atoms with Crippen LogP contribution in [0.15, 0.2) is 10.7 Å². The molecule has 0 spiro atoms. The lowest BCUT2D eigenvalue weighted by molar-refractivity contribution is 0.0929. The minimum absolute atomic E-state index is 0.0244. The predicted molar refractivity (Wildman–Crippen MR) is 70.1 cm³/mol. The van der Waals surface area contributed by atoms with Crippen LogP contribution in [-0.2, 0) is 16.4 Å². The van der Waals surface area contributed by atoms with E-state index in [1.165, 1.54) is 0 Å². The molecule has 0 radical (unpaired) electrons. The van der Waals surface area contributed by atoms with Gasteiger partial charge >= 0.3 is 0 Å². The Bertz CT molecular complexity index is 567. The van der Waals surface area contributed by atoms with Gasteiger partial charge in [-0.3, -0.25) is 9.48 Å². The van der Waals surface area contributed by atoms with Crippen LogP contribution in [0.25, 0.3) is 0 Å². The lowest BCUT2D eigenvalue weighted by Gasteiger charge is -2.11. The molecule has 1 fully saturated rings. The van der Waals surface area contributed by atoms with E-state index in [4.69, 9.17) is 0 Å². The van der Waals surface area contributed by atoms with Crippen LogP contribution in [0.3, 0.4) is 0 Å². The van der Waals surface area contributed by atoms with Crippen molar-refractivity contribution in [2.45, 2.75) is 25.9 Å².